The molecule has 0 atom stereocenters. The number of nitrogens with one attached hydrogen (secondary N) is 1. The fourth-order valence-electron chi connectivity index (χ4n) is 2.49. The third kappa shape index (κ3) is 3.86. The second-order valence-corrected chi connectivity index (χ2v) is 6.01. The SMILES string of the molecule is Cc1ccc(Nc2cc(Cl)nc(N3CCN(C(=O)O)CC3)n2)cc1. The summed E-state index contributed by atoms with van der Waals surface area (Å²) in [7, 11) is 0. The summed E-state index contributed by atoms with van der Waals surface area (Å²) in [5, 5.41) is 12.6. The maximum atomic E-state index is 11.0. The van der Waals surface area contributed by atoms with Crippen LogP contribution in [0.1, 0.15) is 5.56 Å². The molecular weight excluding hydrogens is 330 g/mol. The number of benzene rings is 1. The van der Waals surface area contributed by atoms with Gasteiger partial charge in [0.05, 0.1) is 0 Å². The van der Waals surface area contributed by atoms with Crippen molar-refractivity contribution in [1.82, 2.24) is 14.9 Å². The maximum absolute atomic E-state index is 11.0. The summed E-state index contributed by atoms with van der Waals surface area (Å²) in [6.07, 6.45) is -0.900. The standard InChI is InChI=1S/C16H18ClN5O2/c1-11-2-4-12(5-3-11)18-14-10-13(17)19-15(20-14)21-6-8-22(9-7-21)16(23)24/h2-5,10H,6-9H2,1H3,(H,23,24)(H,18,19,20). The largest absolute Gasteiger partial charge is 0.465 e. The Bertz CT molecular complexity index is 730. The average molecular weight is 348 g/mol. The van der Waals surface area contributed by atoms with Gasteiger partial charge in [-0.15, -0.1) is 0 Å². The van der Waals surface area contributed by atoms with E-state index in [-0.39, 0.29) is 0 Å². The van der Waals surface area contributed by atoms with Crippen LogP contribution in [0.2, 0.25) is 5.15 Å². The summed E-state index contributed by atoms with van der Waals surface area (Å²) in [5.74, 6) is 1.11. The summed E-state index contributed by atoms with van der Waals surface area (Å²) in [6, 6.07) is 9.63. The third-order valence-electron chi connectivity index (χ3n) is 3.84. The van der Waals surface area contributed by atoms with Crippen LogP contribution in [0.25, 0.3) is 0 Å². The fraction of sp³-hybridized carbons (Fsp3) is 0.312. The van der Waals surface area contributed by atoms with Gasteiger partial charge in [-0.1, -0.05) is 29.3 Å². The van der Waals surface area contributed by atoms with E-state index in [0.29, 0.717) is 43.1 Å². The second kappa shape index (κ2) is 6.92. The number of piperazine rings is 1. The molecule has 0 aliphatic carbocycles. The minimum absolute atomic E-state index is 0.343. The van der Waals surface area contributed by atoms with E-state index >= 15 is 0 Å². The van der Waals surface area contributed by atoms with Crippen LogP contribution >= 0.6 is 11.6 Å². The molecule has 0 bridgehead atoms. The summed E-state index contributed by atoms with van der Waals surface area (Å²) >= 11 is 6.12. The number of aryl methyl sites for hydroxylation is 1. The molecule has 0 unspecified atom stereocenters. The highest BCUT2D eigenvalue weighted by atomic mass is 35.5. The van der Waals surface area contributed by atoms with Crippen LogP contribution in [0.3, 0.4) is 0 Å². The van der Waals surface area contributed by atoms with Crippen molar-refractivity contribution in [2.24, 2.45) is 0 Å². The van der Waals surface area contributed by atoms with Crippen LogP contribution in [0.5, 0.6) is 0 Å². The van der Waals surface area contributed by atoms with Crippen molar-refractivity contribution in [3.05, 3.63) is 41.0 Å². The van der Waals surface area contributed by atoms with Gasteiger partial charge in [-0.3, -0.25) is 0 Å². The Morgan fingerprint density at radius 2 is 1.83 bits per heavy atom. The first kappa shape index (κ1) is 16.3. The van der Waals surface area contributed by atoms with Crippen LogP contribution in [0.4, 0.5) is 22.2 Å². The zero-order valence-electron chi connectivity index (χ0n) is 13.2. The molecule has 3 rings (SSSR count). The molecule has 0 radical (unpaired) electrons. The number of amides is 1. The van der Waals surface area contributed by atoms with Gasteiger partial charge in [-0.05, 0) is 19.1 Å². The lowest BCUT2D eigenvalue weighted by atomic mass is 10.2. The number of nitrogens with zero attached hydrogens (tertiary/aromatic N) is 4. The van der Waals surface area contributed by atoms with Crippen molar-refractivity contribution >= 4 is 35.1 Å². The number of rotatable bonds is 3. The van der Waals surface area contributed by atoms with E-state index in [2.05, 4.69) is 15.3 Å². The Morgan fingerprint density at radius 3 is 2.46 bits per heavy atom. The van der Waals surface area contributed by atoms with Gasteiger partial charge in [0.2, 0.25) is 5.95 Å². The third-order valence-corrected chi connectivity index (χ3v) is 4.03. The van der Waals surface area contributed by atoms with Gasteiger partial charge >= 0.3 is 6.09 Å². The Hall–Kier alpha value is -2.54. The van der Waals surface area contributed by atoms with Gasteiger partial charge in [0.1, 0.15) is 11.0 Å². The maximum Gasteiger partial charge on any atom is 0.407 e. The molecule has 1 aromatic heterocycles. The fourth-order valence-corrected chi connectivity index (χ4v) is 2.67. The number of halogens is 1. The number of aromatic nitrogens is 2. The van der Waals surface area contributed by atoms with Crippen molar-refractivity contribution in [2.75, 3.05) is 36.4 Å². The van der Waals surface area contributed by atoms with E-state index in [0.717, 1.165) is 5.69 Å². The van der Waals surface area contributed by atoms with Gasteiger partial charge in [0, 0.05) is 37.9 Å². The first-order chi connectivity index (χ1) is 11.5. The molecule has 1 fully saturated rings. The normalized spacial score (nSPS) is 14.6. The van der Waals surface area contributed by atoms with Gasteiger partial charge in [0.15, 0.2) is 0 Å². The number of hydrogen-bond donors (Lipinski definition) is 2. The lowest BCUT2D eigenvalue weighted by Gasteiger charge is -2.33. The molecule has 2 N–H and O–H groups in total. The smallest absolute Gasteiger partial charge is 0.407 e. The minimum atomic E-state index is -0.900. The van der Waals surface area contributed by atoms with Crippen LogP contribution in [-0.2, 0) is 0 Å². The highest BCUT2D eigenvalue weighted by molar-refractivity contribution is 6.29. The predicted octanol–water partition coefficient (Wildman–Crippen LogP) is 2.98. The molecule has 1 saturated heterocycles. The molecule has 1 aliphatic rings. The molecule has 126 valence electrons. The first-order valence-electron chi connectivity index (χ1n) is 7.62. The van der Waals surface area contributed by atoms with E-state index in [1.54, 1.807) is 6.07 Å². The Labute approximate surface area is 144 Å². The van der Waals surface area contributed by atoms with Gasteiger partial charge in [0.25, 0.3) is 0 Å². The summed E-state index contributed by atoms with van der Waals surface area (Å²) < 4.78 is 0. The highest BCUT2D eigenvalue weighted by Gasteiger charge is 2.22. The van der Waals surface area contributed by atoms with Gasteiger partial charge in [-0.25, -0.2) is 9.78 Å². The predicted molar refractivity (Wildman–Crippen MR) is 93.3 cm³/mol. The summed E-state index contributed by atoms with van der Waals surface area (Å²) in [6.45, 7) is 3.95. The van der Waals surface area contributed by atoms with Gasteiger partial charge in [-0.2, -0.15) is 4.98 Å². The van der Waals surface area contributed by atoms with Crippen molar-refractivity contribution in [3.8, 4) is 0 Å². The van der Waals surface area contributed by atoms with Crippen LogP contribution in [-0.4, -0.2) is 52.2 Å². The number of carbonyl (C=O) groups is 1. The zero-order chi connectivity index (χ0) is 17.1. The van der Waals surface area contributed by atoms with Crippen LogP contribution in [0, 0.1) is 6.92 Å². The summed E-state index contributed by atoms with van der Waals surface area (Å²) in [5.41, 5.74) is 2.09. The van der Waals surface area contributed by atoms with Crippen molar-refractivity contribution in [3.63, 3.8) is 0 Å². The molecule has 1 aliphatic heterocycles. The molecule has 1 aromatic carbocycles. The molecule has 0 spiro atoms. The molecular formula is C16H18ClN5O2. The Morgan fingerprint density at radius 1 is 1.17 bits per heavy atom. The van der Waals surface area contributed by atoms with Crippen molar-refractivity contribution in [2.45, 2.75) is 6.92 Å². The lowest BCUT2D eigenvalue weighted by Crippen LogP contribution is -2.48. The van der Waals surface area contributed by atoms with E-state index < -0.39 is 6.09 Å². The minimum Gasteiger partial charge on any atom is -0.465 e. The molecule has 2 heterocycles. The topological polar surface area (TPSA) is 81.6 Å². The second-order valence-electron chi connectivity index (χ2n) is 5.62. The molecule has 7 nitrogen and oxygen atoms in total. The quantitative estimate of drug-likeness (QED) is 0.831. The van der Waals surface area contributed by atoms with E-state index in [4.69, 9.17) is 16.7 Å². The summed E-state index contributed by atoms with van der Waals surface area (Å²) in [4.78, 5) is 23.1. The monoisotopic (exact) mass is 347 g/mol. The zero-order valence-corrected chi connectivity index (χ0v) is 14.0. The molecule has 8 heteroatoms. The van der Waals surface area contributed by atoms with E-state index in [1.807, 2.05) is 36.1 Å². The number of anilines is 3. The van der Waals surface area contributed by atoms with E-state index in [1.165, 1.54) is 10.5 Å². The molecule has 2 aromatic rings. The Balaban J connectivity index is 1.74. The lowest BCUT2D eigenvalue weighted by molar-refractivity contribution is 0.142. The highest BCUT2D eigenvalue weighted by Crippen LogP contribution is 2.22. The molecule has 24 heavy (non-hydrogen) atoms. The van der Waals surface area contributed by atoms with Crippen LogP contribution in [0.15, 0.2) is 30.3 Å². The number of carboxylic acid groups (broad SMARTS) is 1. The molecule has 0 saturated carbocycles. The van der Waals surface area contributed by atoms with Crippen molar-refractivity contribution < 1.29 is 9.90 Å². The first-order valence-corrected chi connectivity index (χ1v) is 8.00. The average Bonchev–Trinajstić information content (AvgIpc) is 2.56. The van der Waals surface area contributed by atoms with Crippen molar-refractivity contribution in [1.29, 1.82) is 0 Å². The van der Waals surface area contributed by atoms with Crippen LogP contribution < -0.4 is 10.2 Å². The Kier molecular flexibility index (Phi) is 4.71. The molecule has 1 amide bonds. The van der Waals surface area contributed by atoms with E-state index in [9.17, 15) is 4.79 Å². The number of hydrogen-bond acceptors (Lipinski definition) is 5. The van der Waals surface area contributed by atoms with Gasteiger partial charge < -0.3 is 20.2 Å².